The largest absolute Gasteiger partial charge is 0.394 e. The van der Waals surface area contributed by atoms with Crippen molar-refractivity contribution < 1.29 is 10.2 Å². The number of nitrogens with one attached hydrogen (secondary N) is 1. The highest BCUT2D eigenvalue weighted by atomic mass is 35.5. The van der Waals surface area contributed by atoms with Crippen LogP contribution in [0.1, 0.15) is 6.04 Å². The minimum Gasteiger partial charge on any atom is -0.394 e. The van der Waals surface area contributed by atoms with Crippen LogP contribution >= 0.6 is 24.6 Å². The Morgan fingerprint density at radius 2 is 2.06 bits per heavy atom. The average molecular weight is 263 g/mol. The Kier molecular flexibility index (Phi) is 4.36. The van der Waals surface area contributed by atoms with Gasteiger partial charge in [0.1, 0.15) is 11.2 Å². The molecule has 0 saturated heterocycles. The maximum Gasteiger partial charge on any atom is 0.157 e. The molecular weight excluding hydrogens is 252 g/mol. The number of hydrogen-bond acceptors (Lipinski definition) is 5. The van der Waals surface area contributed by atoms with E-state index in [-0.39, 0.29) is 25.6 Å². The molecule has 2 rings (SSSR count). The number of aromatic nitrogens is 4. The van der Waals surface area contributed by atoms with Gasteiger partial charge in [-0.3, -0.25) is 0 Å². The van der Waals surface area contributed by atoms with Gasteiger partial charge in [-0.15, -0.1) is 12.4 Å². The first-order chi connectivity index (χ1) is 7.27. The fourth-order valence-corrected chi connectivity index (χ4v) is 1.59. The van der Waals surface area contributed by atoms with Crippen LogP contribution in [-0.2, 0) is 0 Å². The smallest absolute Gasteiger partial charge is 0.157 e. The molecule has 0 unspecified atom stereocenters. The SMILES string of the molecule is Cl.OCC(CO)n1cnc2c(=S)nc[nH]c21. The zero-order valence-corrected chi connectivity index (χ0v) is 9.83. The zero-order valence-electron chi connectivity index (χ0n) is 8.20. The summed E-state index contributed by atoms with van der Waals surface area (Å²) in [6.45, 7) is -0.324. The maximum absolute atomic E-state index is 9.06. The van der Waals surface area contributed by atoms with Crippen molar-refractivity contribution in [3.8, 4) is 0 Å². The van der Waals surface area contributed by atoms with E-state index in [2.05, 4.69) is 15.0 Å². The number of imidazole rings is 1. The van der Waals surface area contributed by atoms with Gasteiger partial charge in [-0.1, -0.05) is 12.2 Å². The summed E-state index contributed by atoms with van der Waals surface area (Å²) < 4.78 is 2.05. The number of aliphatic hydroxyl groups is 2. The molecular formula is C8H11ClN4O2S. The summed E-state index contributed by atoms with van der Waals surface area (Å²) in [6, 6.07) is -0.414. The molecule has 3 N–H and O–H groups in total. The second kappa shape index (κ2) is 5.35. The Labute approximate surface area is 102 Å². The van der Waals surface area contributed by atoms with Gasteiger partial charge in [0, 0.05) is 0 Å². The van der Waals surface area contributed by atoms with Gasteiger partial charge < -0.3 is 19.8 Å². The third kappa shape index (κ3) is 2.07. The first-order valence-corrected chi connectivity index (χ1v) is 4.80. The van der Waals surface area contributed by atoms with Gasteiger partial charge in [-0.25, -0.2) is 9.97 Å². The van der Waals surface area contributed by atoms with Crippen molar-refractivity contribution in [2.24, 2.45) is 0 Å². The van der Waals surface area contributed by atoms with Gasteiger partial charge in [0.25, 0.3) is 0 Å². The summed E-state index contributed by atoms with van der Waals surface area (Å²) in [5, 5.41) is 18.1. The lowest BCUT2D eigenvalue weighted by atomic mass is 10.3. The van der Waals surface area contributed by atoms with Crippen molar-refractivity contribution in [3.63, 3.8) is 0 Å². The van der Waals surface area contributed by atoms with Crippen LogP contribution in [-0.4, -0.2) is 42.9 Å². The van der Waals surface area contributed by atoms with E-state index in [1.54, 1.807) is 4.57 Å². The van der Waals surface area contributed by atoms with Crippen LogP contribution in [0.5, 0.6) is 0 Å². The summed E-state index contributed by atoms with van der Waals surface area (Å²) in [7, 11) is 0. The molecule has 0 aromatic carbocycles. The minimum absolute atomic E-state index is 0. The van der Waals surface area contributed by atoms with E-state index in [1.807, 2.05) is 0 Å². The van der Waals surface area contributed by atoms with Crippen LogP contribution in [0.15, 0.2) is 12.7 Å². The summed E-state index contributed by atoms with van der Waals surface area (Å²) in [6.07, 6.45) is 2.99. The van der Waals surface area contributed by atoms with E-state index in [9.17, 15) is 0 Å². The van der Waals surface area contributed by atoms with E-state index in [4.69, 9.17) is 22.4 Å². The summed E-state index contributed by atoms with van der Waals surface area (Å²) in [4.78, 5) is 10.9. The van der Waals surface area contributed by atoms with Crippen LogP contribution in [0, 0.1) is 4.64 Å². The van der Waals surface area contributed by atoms with Crippen molar-refractivity contribution in [3.05, 3.63) is 17.3 Å². The first kappa shape index (κ1) is 13.0. The molecule has 2 heterocycles. The van der Waals surface area contributed by atoms with Crippen molar-refractivity contribution in [2.75, 3.05) is 13.2 Å². The molecule has 0 aliphatic rings. The number of fused-ring (bicyclic) bond motifs is 1. The van der Waals surface area contributed by atoms with E-state index in [0.717, 1.165) is 0 Å². The van der Waals surface area contributed by atoms with Gasteiger partial charge in [0.15, 0.2) is 4.64 Å². The average Bonchev–Trinajstić information content (AvgIpc) is 2.66. The minimum atomic E-state index is -0.414. The third-order valence-electron chi connectivity index (χ3n) is 2.19. The summed E-state index contributed by atoms with van der Waals surface area (Å²) in [5.41, 5.74) is 1.22. The number of hydrogen-bond donors (Lipinski definition) is 3. The lowest BCUT2D eigenvalue weighted by Gasteiger charge is -2.12. The first-order valence-electron chi connectivity index (χ1n) is 4.40. The highest BCUT2D eigenvalue weighted by Crippen LogP contribution is 2.14. The van der Waals surface area contributed by atoms with Crippen molar-refractivity contribution in [2.45, 2.75) is 6.04 Å². The molecule has 0 fully saturated rings. The second-order valence-corrected chi connectivity index (χ2v) is 3.46. The van der Waals surface area contributed by atoms with Crippen LogP contribution in [0.25, 0.3) is 11.2 Å². The molecule has 2 aromatic rings. The molecule has 0 aliphatic heterocycles. The normalized spacial score (nSPS) is 10.7. The predicted octanol–water partition coefficient (Wildman–Crippen LogP) is 0.436. The molecule has 88 valence electrons. The molecule has 0 bridgehead atoms. The lowest BCUT2D eigenvalue weighted by Crippen LogP contribution is -2.16. The fraction of sp³-hybridized carbons (Fsp3) is 0.375. The van der Waals surface area contributed by atoms with E-state index < -0.39 is 6.04 Å². The maximum atomic E-state index is 9.06. The molecule has 0 spiro atoms. The predicted molar refractivity (Wildman–Crippen MR) is 63.2 cm³/mol. The fourth-order valence-electron chi connectivity index (χ4n) is 1.38. The molecule has 16 heavy (non-hydrogen) atoms. The third-order valence-corrected chi connectivity index (χ3v) is 2.49. The lowest BCUT2D eigenvalue weighted by molar-refractivity contribution is 0.156. The Morgan fingerprint density at radius 3 is 2.69 bits per heavy atom. The Balaban J connectivity index is 0.00000128. The molecule has 8 heteroatoms. The van der Waals surface area contributed by atoms with E-state index in [0.29, 0.717) is 15.8 Å². The highest BCUT2D eigenvalue weighted by molar-refractivity contribution is 7.71. The monoisotopic (exact) mass is 262 g/mol. The molecule has 0 amide bonds. The Hall–Kier alpha value is -1.02. The molecule has 0 atom stereocenters. The topological polar surface area (TPSA) is 87.0 Å². The molecule has 0 saturated carbocycles. The highest BCUT2D eigenvalue weighted by Gasteiger charge is 2.12. The Morgan fingerprint density at radius 1 is 1.38 bits per heavy atom. The standard InChI is InChI=1S/C8H10N4O2S.ClH/c13-1-5(2-14)12-4-11-6-7(12)9-3-10-8(6)15;/h3-5,13-14H,1-2H2,(H,9,10,15);1H. The summed E-state index contributed by atoms with van der Waals surface area (Å²) in [5.74, 6) is 0. The van der Waals surface area contributed by atoms with Crippen LogP contribution in [0.4, 0.5) is 0 Å². The molecule has 0 aliphatic carbocycles. The Bertz CT molecular complexity index is 522. The number of rotatable bonds is 3. The van der Waals surface area contributed by atoms with Crippen molar-refractivity contribution in [1.82, 2.24) is 19.5 Å². The van der Waals surface area contributed by atoms with Crippen molar-refractivity contribution >= 4 is 35.8 Å². The second-order valence-electron chi connectivity index (χ2n) is 3.08. The quantitative estimate of drug-likeness (QED) is 0.699. The van der Waals surface area contributed by atoms with Gasteiger partial charge in [-0.05, 0) is 0 Å². The number of aliphatic hydroxyl groups excluding tert-OH is 2. The zero-order chi connectivity index (χ0) is 10.8. The van der Waals surface area contributed by atoms with E-state index in [1.165, 1.54) is 12.7 Å². The van der Waals surface area contributed by atoms with E-state index >= 15 is 0 Å². The number of aromatic amines is 1. The van der Waals surface area contributed by atoms with Gasteiger partial charge in [-0.2, -0.15) is 0 Å². The van der Waals surface area contributed by atoms with Crippen LogP contribution in [0.3, 0.4) is 0 Å². The molecule has 0 radical (unpaired) electrons. The number of H-pyrrole nitrogens is 1. The molecule has 2 aromatic heterocycles. The van der Waals surface area contributed by atoms with Gasteiger partial charge in [0.2, 0.25) is 0 Å². The van der Waals surface area contributed by atoms with Crippen molar-refractivity contribution in [1.29, 1.82) is 0 Å². The van der Waals surface area contributed by atoms with Gasteiger partial charge >= 0.3 is 0 Å². The van der Waals surface area contributed by atoms with Crippen LogP contribution in [0.2, 0.25) is 0 Å². The van der Waals surface area contributed by atoms with Gasteiger partial charge in [0.05, 0.1) is 31.9 Å². The number of halogens is 1. The molecule has 6 nitrogen and oxygen atoms in total. The summed E-state index contributed by atoms with van der Waals surface area (Å²) >= 11 is 4.99. The van der Waals surface area contributed by atoms with Crippen LogP contribution < -0.4 is 0 Å². The number of nitrogens with zero attached hydrogens (tertiary/aromatic N) is 3.